The van der Waals surface area contributed by atoms with E-state index in [9.17, 15) is 4.79 Å². The zero-order valence-electron chi connectivity index (χ0n) is 13.9. The van der Waals surface area contributed by atoms with Gasteiger partial charge in [0, 0.05) is 12.4 Å². The van der Waals surface area contributed by atoms with Gasteiger partial charge in [0.25, 0.3) is 0 Å². The predicted octanol–water partition coefficient (Wildman–Crippen LogP) is 4.67. The average molecular weight is 324 g/mol. The summed E-state index contributed by atoms with van der Waals surface area (Å²) in [5.41, 5.74) is 1.45. The van der Waals surface area contributed by atoms with Crippen LogP contribution in [0.2, 0.25) is 0 Å². The standard InChI is InChI=1S/C19H20N2O3/c1-13(18-12-14-8-4-6-10-16(14)24-18)21(2)19(22)20-15-9-5-7-11-17(15)23-3/h4-13H,1-3H3,(H,20,22)/t13-/m1/s1. The van der Waals surface area contributed by atoms with Crippen LogP contribution in [-0.2, 0) is 0 Å². The summed E-state index contributed by atoms with van der Waals surface area (Å²) in [5.74, 6) is 1.37. The molecule has 1 aromatic heterocycles. The second-order valence-corrected chi connectivity index (χ2v) is 5.60. The molecule has 0 saturated heterocycles. The Labute approximate surface area is 140 Å². The number of anilines is 1. The molecule has 0 aliphatic heterocycles. The third-order valence-corrected chi connectivity index (χ3v) is 4.11. The summed E-state index contributed by atoms with van der Waals surface area (Å²) in [4.78, 5) is 14.1. The van der Waals surface area contributed by atoms with E-state index >= 15 is 0 Å². The number of amides is 2. The van der Waals surface area contributed by atoms with Gasteiger partial charge in [0.05, 0.1) is 18.8 Å². The first kappa shape index (κ1) is 15.9. The van der Waals surface area contributed by atoms with E-state index in [0.717, 1.165) is 16.7 Å². The van der Waals surface area contributed by atoms with Crippen molar-refractivity contribution in [1.82, 2.24) is 4.90 Å². The molecular weight excluding hydrogens is 304 g/mol. The van der Waals surface area contributed by atoms with Gasteiger partial charge in [-0.2, -0.15) is 0 Å². The van der Waals surface area contributed by atoms with Crippen LogP contribution in [0.25, 0.3) is 11.0 Å². The Morgan fingerprint density at radius 1 is 1.17 bits per heavy atom. The number of fused-ring (bicyclic) bond motifs is 1. The lowest BCUT2D eigenvalue weighted by Gasteiger charge is -2.24. The second-order valence-electron chi connectivity index (χ2n) is 5.60. The quantitative estimate of drug-likeness (QED) is 0.759. The summed E-state index contributed by atoms with van der Waals surface area (Å²) in [7, 11) is 3.31. The maximum absolute atomic E-state index is 12.5. The van der Waals surface area contributed by atoms with Crippen LogP contribution < -0.4 is 10.1 Å². The van der Waals surface area contributed by atoms with E-state index in [1.165, 1.54) is 0 Å². The number of urea groups is 1. The molecular formula is C19H20N2O3. The first-order valence-electron chi connectivity index (χ1n) is 7.75. The van der Waals surface area contributed by atoms with E-state index in [-0.39, 0.29) is 12.1 Å². The highest BCUT2D eigenvalue weighted by atomic mass is 16.5. The molecule has 0 saturated carbocycles. The molecule has 0 unspecified atom stereocenters. The summed E-state index contributed by atoms with van der Waals surface area (Å²) in [6, 6.07) is 16.6. The van der Waals surface area contributed by atoms with E-state index in [0.29, 0.717) is 11.4 Å². The third-order valence-electron chi connectivity index (χ3n) is 4.11. The van der Waals surface area contributed by atoms with Crippen molar-refractivity contribution < 1.29 is 13.9 Å². The molecule has 1 heterocycles. The van der Waals surface area contributed by atoms with Gasteiger partial charge in [0.2, 0.25) is 0 Å². The Balaban J connectivity index is 1.77. The minimum Gasteiger partial charge on any atom is -0.495 e. The number of methoxy groups -OCH3 is 1. The topological polar surface area (TPSA) is 54.7 Å². The number of carbonyl (C=O) groups excluding carboxylic acids is 1. The number of furan rings is 1. The van der Waals surface area contributed by atoms with Gasteiger partial charge >= 0.3 is 6.03 Å². The van der Waals surface area contributed by atoms with E-state index in [2.05, 4.69) is 5.32 Å². The fourth-order valence-corrected chi connectivity index (χ4v) is 2.53. The molecule has 0 spiro atoms. The van der Waals surface area contributed by atoms with Gasteiger partial charge in [-0.25, -0.2) is 4.79 Å². The maximum Gasteiger partial charge on any atom is 0.322 e. The minimum atomic E-state index is -0.229. The maximum atomic E-state index is 12.5. The summed E-state index contributed by atoms with van der Waals surface area (Å²) >= 11 is 0. The molecule has 1 N–H and O–H groups in total. The first-order chi connectivity index (χ1) is 11.6. The normalized spacial score (nSPS) is 12.0. The van der Waals surface area contributed by atoms with Crippen molar-refractivity contribution in [2.75, 3.05) is 19.5 Å². The smallest absolute Gasteiger partial charge is 0.322 e. The van der Waals surface area contributed by atoms with Gasteiger partial charge in [0.1, 0.15) is 17.1 Å². The van der Waals surface area contributed by atoms with Crippen LogP contribution in [0.15, 0.2) is 59.0 Å². The SMILES string of the molecule is COc1ccccc1NC(=O)N(C)[C@H](C)c1cc2ccccc2o1. The number of rotatable bonds is 4. The summed E-state index contributed by atoms with van der Waals surface area (Å²) < 4.78 is 11.1. The van der Waals surface area contributed by atoms with E-state index in [4.69, 9.17) is 9.15 Å². The first-order valence-corrected chi connectivity index (χ1v) is 7.75. The van der Waals surface area contributed by atoms with E-state index in [1.54, 1.807) is 31.2 Å². The molecule has 0 fully saturated rings. The molecule has 5 heteroatoms. The number of hydrogen-bond donors (Lipinski definition) is 1. The predicted molar refractivity (Wildman–Crippen MR) is 94.4 cm³/mol. The number of hydrogen-bond acceptors (Lipinski definition) is 3. The van der Waals surface area contributed by atoms with Crippen LogP contribution >= 0.6 is 0 Å². The Kier molecular flexibility index (Phi) is 4.42. The monoisotopic (exact) mass is 324 g/mol. The van der Waals surface area contributed by atoms with Gasteiger partial charge in [-0.3, -0.25) is 0 Å². The number of nitrogens with zero attached hydrogens (tertiary/aromatic N) is 1. The molecule has 3 aromatic rings. The highest BCUT2D eigenvalue weighted by Gasteiger charge is 2.21. The Hall–Kier alpha value is -2.95. The molecule has 3 rings (SSSR count). The molecule has 0 radical (unpaired) electrons. The van der Waals surface area contributed by atoms with Crippen molar-refractivity contribution in [3.05, 3.63) is 60.4 Å². The Bertz CT molecular complexity index is 823. The second kappa shape index (κ2) is 6.66. The zero-order chi connectivity index (χ0) is 17.1. The Morgan fingerprint density at radius 3 is 2.62 bits per heavy atom. The zero-order valence-corrected chi connectivity index (χ0v) is 13.9. The van der Waals surface area contributed by atoms with Crippen LogP contribution in [0.4, 0.5) is 10.5 Å². The summed E-state index contributed by atoms with van der Waals surface area (Å²) in [5, 5.41) is 3.89. The van der Waals surface area contributed by atoms with Gasteiger partial charge in [-0.1, -0.05) is 30.3 Å². The van der Waals surface area contributed by atoms with Crippen molar-refractivity contribution >= 4 is 22.7 Å². The third kappa shape index (κ3) is 3.06. The molecule has 24 heavy (non-hydrogen) atoms. The van der Waals surface area contributed by atoms with E-state index in [1.807, 2.05) is 49.4 Å². The number of para-hydroxylation sites is 3. The molecule has 124 valence electrons. The molecule has 5 nitrogen and oxygen atoms in total. The number of benzene rings is 2. The van der Waals surface area contributed by atoms with Crippen LogP contribution in [0.3, 0.4) is 0 Å². The highest BCUT2D eigenvalue weighted by Crippen LogP contribution is 2.28. The van der Waals surface area contributed by atoms with Crippen LogP contribution in [-0.4, -0.2) is 25.1 Å². The molecule has 0 bridgehead atoms. The van der Waals surface area contributed by atoms with Crippen LogP contribution in [0, 0.1) is 0 Å². The lowest BCUT2D eigenvalue weighted by molar-refractivity contribution is 0.201. The van der Waals surface area contributed by atoms with Crippen molar-refractivity contribution in [2.45, 2.75) is 13.0 Å². The van der Waals surface area contributed by atoms with Crippen LogP contribution in [0.5, 0.6) is 5.75 Å². The number of carbonyl (C=O) groups is 1. The van der Waals surface area contributed by atoms with Gasteiger partial charge < -0.3 is 19.4 Å². The molecule has 2 aromatic carbocycles. The molecule has 2 amide bonds. The van der Waals surface area contributed by atoms with Crippen molar-refractivity contribution in [3.63, 3.8) is 0 Å². The molecule has 1 atom stereocenters. The summed E-state index contributed by atoms with van der Waals surface area (Å²) in [6.45, 7) is 1.93. The van der Waals surface area contributed by atoms with Gasteiger partial charge in [0.15, 0.2) is 0 Å². The van der Waals surface area contributed by atoms with Crippen molar-refractivity contribution in [1.29, 1.82) is 0 Å². The fourth-order valence-electron chi connectivity index (χ4n) is 2.53. The highest BCUT2D eigenvalue weighted by molar-refractivity contribution is 5.91. The van der Waals surface area contributed by atoms with Crippen molar-refractivity contribution in [2.24, 2.45) is 0 Å². The Morgan fingerprint density at radius 2 is 1.88 bits per heavy atom. The number of nitrogens with one attached hydrogen (secondary N) is 1. The largest absolute Gasteiger partial charge is 0.495 e. The van der Waals surface area contributed by atoms with Gasteiger partial charge in [-0.15, -0.1) is 0 Å². The minimum absolute atomic E-state index is 0.202. The molecule has 0 aliphatic carbocycles. The van der Waals surface area contributed by atoms with Crippen LogP contribution in [0.1, 0.15) is 18.7 Å². The lowest BCUT2D eigenvalue weighted by Crippen LogP contribution is -2.33. The van der Waals surface area contributed by atoms with Crippen molar-refractivity contribution in [3.8, 4) is 5.75 Å². The molecule has 0 aliphatic rings. The van der Waals surface area contributed by atoms with Gasteiger partial charge in [-0.05, 0) is 31.2 Å². The number of ether oxygens (including phenoxy) is 1. The fraction of sp³-hybridized carbons (Fsp3) is 0.211. The van der Waals surface area contributed by atoms with E-state index < -0.39 is 0 Å². The summed E-state index contributed by atoms with van der Waals surface area (Å²) in [6.07, 6.45) is 0. The average Bonchev–Trinajstić information content (AvgIpc) is 3.05. The lowest BCUT2D eigenvalue weighted by atomic mass is 10.2.